The fourth-order valence-corrected chi connectivity index (χ4v) is 4.18. The zero-order chi connectivity index (χ0) is 20.8. The first kappa shape index (κ1) is 18.1. The number of anilines is 1. The molecule has 0 unspecified atom stereocenters. The number of benzene rings is 1. The average molecular weight is 401 g/mol. The first-order chi connectivity index (χ1) is 14.5. The third kappa shape index (κ3) is 2.76. The second-order valence-electron chi connectivity index (χ2n) is 7.40. The molecule has 150 valence electrons. The second-order valence-corrected chi connectivity index (χ2v) is 7.40. The molecule has 0 amide bonds. The summed E-state index contributed by atoms with van der Waals surface area (Å²) < 4.78 is 1.21. The number of pyridine rings is 1. The summed E-state index contributed by atoms with van der Waals surface area (Å²) in [7, 11) is 0. The van der Waals surface area contributed by atoms with Crippen LogP contribution in [0, 0.1) is 17.0 Å². The number of H-pyrrole nitrogens is 1. The van der Waals surface area contributed by atoms with Crippen LogP contribution in [0.3, 0.4) is 0 Å². The minimum atomic E-state index is -0.664. The predicted molar refractivity (Wildman–Crippen MR) is 116 cm³/mol. The normalized spacial score (nSPS) is 14.3. The summed E-state index contributed by atoms with van der Waals surface area (Å²) in [5.74, 6) is 0.126. The third-order valence-corrected chi connectivity index (χ3v) is 5.64. The monoisotopic (exact) mass is 401 g/mol. The SMILES string of the molecule is Cc1cccc2[nH]cc(C3=CCN(c4nc5ccccn5c(=O)c4[N+](=O)[O-])CC3)c12. The molecule has 1 aromatic carbocycles. The smallest absolute Gasteiger partial charge is 0.361 e. The highest BCUT2D eigenvalue weighted by Crippen LogP contribution is 2.33. The fraction of sp³-hybridized carbons (Fsp3) is 0.182. The summed E-state index contributed by atoms with van der Waals surface area (Å²) in [5.41, 5.74) is 3.88. The number of nitrogens with one attached hydrogen (secondary N) is 1. The van der Waals surface area contributed by atoms with E-state index in [9.17, 15) is 14.9 Å². The first-order valence-electron chi connectivity index (χ1n) is 9.71. The molecule has 0 atom stereocenters. The quantitative estimate of drug-likeness (QED) is 0.417. The molecule has 30 heavy (non-hydrogen) atoms. The molecular formula is C22H19N5O3. The van der Waals surface area contributed by atoms with Crippen molar-refractivity contribution in [1.29, 1.82) is 0 Å². The van der Waals surface area contributed by atoms with Crippen molar-refractivity contribution in [2.45, 2.75) is 13.3 Å². The van der Waals surface area contributed by atoms with Crippen LogP contribution >= 0.6 is 0 Å². The van der Waals surface area contributed by atoms with E-state index in [0.717, 1.165) is 11.1 Å². The van der Waals surface area contributed by atoms with Crippen molar-refractivity contribution in [2.75, 3.05) is 18.0 Å². The van der Waals surface area contributed by atoms with Crippen molar-refractivity contribution < 1.29 is 4.92 Å². The van der Waals surface area contributed by atoms with Crippen molar-refractivity contribution >= 4 is 33.6 Å². The molecule has 1 aliphatic heterocycles. The number of hydrogen-bond acceptors (Lipinski definition) is 5. The largest absolute Gasteiger partial charge is 0.376 e. The van der Waals surface area contributed by atoms with Gasteiger partial charge in [-0.25, -0.2) is 4.98 Å². The lowest BCUT2D eigenvalue weighted by Gasteiger charge is -2.27. The molecule has 0 spiro atoms. The molecule has 3 aromatic heterocycles. The average Bonchev–Trinajstić information content (AvgIpc) is 3.19. The third-order valence-electron chi connectivity index (χ3n) is 5.64. The summed E-state index contributed by atoms with van der Waals surface area (Å²) in [4.78, 5) is 33.3. The van der Waals surface area contributed by atoms with Crippen LogP contribution in [0.4, 0.5) is 11.5 Å². The van der Waals surface area contributed by atoms with Crippen LogP contribution in [-0.4, -0.2) is 32.4 Å². The van der Waals surface area contributed by atoms with Gasteiger partial charge in [0.05, 0.1) is 4.92 Å². The Morgan fingerprint density at radius 2 is 2.07 bits per heavy atom. The van der Waals surface area contributed by atoms with Crippen molar-refractivity contribution in [3.63, 3.8) is 0 Å². The maximum absolute atomic E-state index is 12.7. The highest BCUT2D eigenvalue weighted by atomic mass is 16.6. The molecular weight excluding hydrogens is 382 g/mol. The van der Waals surface area contributed by atoms with Crippen LogP contribution in [0.2, 0.25) is 0 Å². The second kappa shape index (κ2) is 6.84. The number of rotatable bonds is 3. The number of hydrogen-bond donors (Lipinski definition) is 1. The molecule has 4 aromatic rings. The standard InChI is InChI=1S/C22H19N5O3/c1-14-5-4-6-17-19(14)16(13-23-17)15-8-11-25(12-9-15)21-20(27(29)30)22(28)26-10-3-2-7-18(26)24-21/h2-8,10,13,23H,9,11-12H2,1H3. The molecule has 0 aliphatic carbocycles. The molecule has 1 N–H and O–H groups in total. The van der Waals surface area contributed by atoms with Gasteiger partial charge in [0.15, 0.2) is 0 Å². The lowest BCUT2D eigenvalue weighted by Crippen LogP contribution is -2.32. The number of nitro groups is 1. The summed E-state index contributed by atoms with van der Waals surface area (Å²) in [5, 5.41) is 12.9. The molecule has 4 heterocycles. The lowest BCUT2D eigenvalue weighted by atomic mass is 9.97. The van der Waals surface area contributed by atoms with Gasteiger partial charge in [0.1, 0.15) is 5.65 Å². The van der Waals surface area contributed by atoms with Crippen LogP contribution in [-0.2, 0) is 0 Å². The molecule has 0 saturated heterocycles. The Labute approximate surface area is 171 Å². The number of nitrogens with zero attached hydrogens (tertiary/aromatic N) is 4. The summed E-state index contributed by atoms with van der Waals surface area (Å²) in [6, 6.07) is 11.2. The number of fused-ring (bicyclic) bond motifs is 2. The minimum Gasteiger partial charge on any atom is -0.361 e. The number of aryl methyl sites for hydroxylation is 1. The Hall–Kier alpha value is -3.94. The molecule has 8 heteroatoms. The van der Waals surface area contributed by atoms with Gasteiger partial charge < -0.3 is 9.88 Å². The van der Waals surface area contributed by atoms with Crippen molar-refractivity contribution in [3.8, 4) is 0 Å². The topological polar surface area (TPSA) is 96.5 Å². The van der Waals surface area contributed by atoms with Crippen LogP contribution in [0.15, 0.2) is 59.7 Å². The molecule has 8 nitrogen and oxygen atoms in total. The Balaban J connectivity index is 1.56. The highest BCUT2D eigenvalue weighted by Gasteiger charge is 2.29. The van der Waals surface area contributed by atoms with Crippen LogP contribution in [0.25, 0.3) is 22.1 Å². The molecule has 1 aliphatic rings. The van der Waals surface area contributed by atoms with Gasteiger partial charge in [0.25, 0.3) is 0 Å². The van der Waals surface area contributed by atoms with Crippen LogP contribution < -0.4 is 10.5 Å². The fourth-order valence-electron chi connectivity index (χ4n) is 4.18. The zero-order valence-corrected chi connectivity index (χ0v) is 16.3. The van der Waals surface area contributed by atoms with Gasteiger partial charge in [-0.2, -0.15) is 0 Å². The van der Waals surface area contributed by atoms with E-state index >= 15 is 0 Å². The van der Waals surface area contributed by atoms with Gasteiger partial charge in [-0.3, -0.25) is 19.3 Å². The molecule has 0 bridgehead atoms. The van der Waals surface area contributed by atoms with E-state index in [-0.39, 0.29) is 5.82 Å². The van der Waals surface area contributed by atoms with Crippen molar-refractivity contribution in [1.82, 2.24) is 14.4 Å². The van der Waals surface area contributed by atoms with E-state index in [1.165, 1.54) is 27.1 Å². The Kier molecular flexibility index (Phi) is 4.13. The van der Waals surface area contributed by atoms with Crippen LogP contribution in [0.1, 0.15) is 17.5 Å². The molecule has 5 rings (SSSR count). The van der Waals surface area contributed by atoms with E-state index in [2.05, 4.69) is 35.1 Å². The number of aromatic nitrogens is 3. The van der Waals surface area contributed by atoms with Crippen molar-refractivity contribution in [2.24, 2.45) is 0 Å². The summed E-state index contributed by atoms with van der Waals surface area (Å²) in [6.45, 7) is 3.08. The Morgan fingerprint density at radius 1 is 1.20 bits per heavy atom. The first-order valence-corrected chi connectivity index (χ1v) is 9.71. The van der Waals surface area contributed by atoms with E-state index in [1.54, 1.807) is 23.1 Å². The van der Waals surface area contributed by atoms with Gasteiger partial charge in [0.2, 0.25) is 5.82 Å². The summed E-state index contributed by atoms with van der Waals surface area (Å²) in [6.07, 6.45) is 6.28. The van der Waals surface area contributed by atoms with Crippen LogP contribution in [0.5, 0.6) is 0 Å². The Bertz CT molecular complexity index is 1400. The van der Waals surface area contributed by atoms with Gasteiger partial charge in [-0.1, -0.05) is 24.3 Å². The van der Waals surface area contributed by atoms with E-state index in [4.69, 9.17) is 0 Å². The molecule has 0 fully saturated rings. The maximum Gasteiger partial charge on any atom is 0.376 e. The number of aromatic amines is 1. The zero-order valence-electron chi connectivity index (χ0n) is 16.3. The molecule has 0 saturated carbocycles. The molecule has 0 radical (unpaired) electrons. The van der Waals surface area contributed by atoms with Gasteiger partial charge in [0, 0.05) is 41.9 Å². The van der Waals surface area contributed by atoms with Gasteiger partial charge in [-0.15, -0.1) is 0 Å². The predicted octanol–water partition coefficient (Wildman–Crippen LogP) is 3.69. The van der Waals surface area contributed by atoms with Gasteiger partial charge in [-0.05, 0) is 42.7 Å². The maximum atomic E-state index is 12.7. The summed E-state index contributed by atoms with van der Waals surface area (Å²) >= 11 is 0. The van der Waals surface area contributed by atoms with E-state index in [0.29, 0.717) is 25.2 Å². The minimum absolute atomic E-state index is 0.126. The lowest BCUT2D eigenvalue weighted by molar-refractivity contribution is -0.385. The van der Waals surface area contributed by atoms with Crippen molar-refractivity contribution in [3.05, 3.63) is 86.5 Å². The van der Waals surface area contributed by atoms with E-state index in [1.807, 2.05) is 12.3 Å². The Morgan fingerprint density at radius 3 is 2.83 bits per heavy atom. The van der Waals surface area contributed by atoms with E-state index < -0.39 is 16.2 Å². The highest BCUT2D eigenvalue weighted by molar-refractivity contribution is 5.95. The van der Waals surface area contributed by atoms with Gasteiger partial charge >= 0.3 is 11.2 Å².